The molecule has 1 aromatic heterocycles. The molecule has 0 unspecified atom stereocenters. The van der Waals surface area contributed by atoms with E-state index in [4.69, 9.17) is 9.47 Å². The molecule has 0 aliphatic heterocycles. The van der Waals surface area contributed by atoms with E-state index in [-0.39, 0.29) is 5.91 Å². The highest BCUT2D eigenvalue weighted by atomic mass is 79.9. The molecule has 29 heavy (non-hydrogen) atoms. The first kappa shape index (κ1) is 21.1. The van der Waals surface area contributed by atoms with Crippen molar-refractivity contribution in [2.45, 2.75) is 13.8 Å². The smallest absolute Gasteiger partial charge is 0.341 e. The number of carbonyl (C=O) groups excluding carboxylic acids is 2. The molecule has 3 rings (SSSR count). The zero-order valence-corrected chi connectivity index (χ0v) is 18.6. The number of nitrogens with one attached hydrogen (secondary N) is 1. The molecule has 1 heterocycles. The van der Waals surface area contributed by atoms with Crippen LogP contribution in [0.4, 0.5) is 5.00 Å². The number of aryl methyl sites for hydroxylation is 1. The highest BCUT2D eigenvalue weighted by Gasteiger charge is 2.26. The highest BCUT2D eigenvalue weighted by Crippen LogP contribution is 2.41. The maximum Gasteiger partial charge on any atom is 0.341 e. The first-order valence-electron chi connectivity index (χ1n) is 8.97. The lowest BCUT2D eigenvalue weighted by atomic mass is 10.0. The Morgan fingerprint density at radius 3 is 2.45 bits per heavy atom. The minimum atomic E-state index is -0.499. The summed E-state index contributed by atoms with van der Waals surface area (Å²) in [5.74, 6) is -0.350. The molecule has 0 saturated heterocycles. The molecule has 0 atom stereocenters. The van der Waals surface area contributed by atoms with Crippen LogP contribution < -0.4 is 10.1 Å². The van der Waals surface area contributed by atoms with Crippen LogP contribution in [0.3, 0.4) is 0 Å². The molecule has 150 valence electrons. The number of hydrogen-bond donors (Lipinski definition) is 1. The summed E-state index contributed by atoms with van der Waals surface area (Å²) in [6.45, 7) is 4.22. The van der Waals surface area contributed by atoms with Gasteiger partial charge in [-0.2, -0.15) is 0 Å². The van der Waals surface area contributed by atoms with Gasteiger partial charge in [0.25, 0.3) is 5.91 Å². The van der Waals surface area contributed by atoms with Gasteiger partial charge in [-0.3, -0.25) is 4.79 Å². The minimum Gasteiger partial charge on any atom is -0.493 e. The second-order valence-electron chi connectivity index (χ2n) is 6.12. The van der Waals surface area contributed by atoms with Gasteiger partial charge in [-0.05, 0) is 43.7 Å². The molecule has 3 aromatic rings. The quantitative estimate of drug-likeness (QED) is 0.451. The molecule has 0 fully saturated rings. The van der Waals surface area contributed by atoms with Crippen LogP contribution in [0, 0.1) is 6.92 Å². The van der Waals surface area contributed by atoms with Crippen molar-refractivity contribution in [1.82, 2.24) is 0 Å². The third-order valence-corrected chi connectivity index (χ3v) is 5.81. The summed E-state index contributed by atoms with van der Waals surface area (Å²) in [6, 6.07) is 14.7. The van der Waals surface area contributed by atoms with Crippen LogP contribution in [-0.4, -0.2) is 25.6 Å². The summed E-state index contributed by atoms with van der Waals surface area (Å²) in [6.07, 6.45) is 0. The van der Waals surface area contributed by atoms with Crippen LogP contribution in [0.25, 0.3) is 11.1 Å². The zero-order valence-electron chi connectivity index (χ0n) is 16.2. The van der Waals surface area contributed by atoms with Crippen molar-refractivity contribution in [3.05, 3.63) is 69.0 Å². The number of carbonyl (C=O) groups is 2. The van der Waals surface area contributed by atoms with Crippen molar-refractivity contribution in [2.75, 3.05) is 19.0 Å². The Morgan fingerprint density at radius 2 is 1.79 bits per heavy atom. The van der Waals surface area contributed by atoms with Crippen LogP contribution in [0.2, 0.25) is 0 Å². The SMILES string of the molecule is CCOc1ccccc1C(=O)Nc1sc(C)c(-c2ccc(Br)cc2)c1C(=O)OC. The summed E-state index contributed by atoms with van der Waals surface area (Å²) >= 11 is 4.76. The van der Waals surface area contributed by atoms with Crippen molar-refractivity contribution < 1.29 is 19.1 Å². The maximum atomic E-state index is 12.9. The molecule has 0 aliphatic rings. The Kier molecular flexibility index (Phi) is 6.71. The molecule has 5 nitrogen and oxygen atoms in total. The van der Waals surface area contributed by atoms with E-state index in [9.17, 15) is 9.59 Å². The molecular weight excluding hydrogens is 454 g/mol. The lowest BCUT2D eigenvalue weighted by Crippen LogP contribution is -2.15. The van der Waals surface area contributed by atoms with Crippen LogP contribution in [0.15, 0.2) is 53.0 Å². The summed E-state index contributed by atoms with van der Waals surface area (Å²) in [5, 5.41) is 3.32. The van der Waals surface area contributed by atoms with Crippen molar-refractivity contribution >= 4 is 44.1 Å². The van der Waals surface area contributed by atoms with Gasteiger partial charge in [0.15, 0.2) is 0 Å². The van der Waals surface area contributed by atoms with Crippen LogP contribution in [0.5, 0.6) is 5.75 Å². The summed E-state index contributed by atoms with van der Waals surface area (Å²) in [5.41, 5.74) is 2.38. The Hall–Kier alpha value is -2.64. The lowest BCUT2D eigenvalue weighted by molar-refractivity contribution is 0.0603. The van der Waals surface area contributed by atoms with Crippen LogP contribution in [-0.2, 0) is 4.74 Å². The van der Waals surface area contributed by atoms with E-state index in [0.29, 0.717) is 28.5 Å². The summed E-state index contributed by atoms with van der Waals surface area (Å²) in [4.78, 5) is 26.4. The normalized spacial score (nSPS) is 10.5. The Labute approximate surface area is 181 Å². The standard InChI is InChI=1S/C22H20BrNO4S/c1-4-28-17-8-6-5-7-16(17)20(25)24-21-19(22(26)27-3)18(13(2)29-21)14-9-11-15(23)12-10-14/h5-12H,4H2,1-3H3,(H,24,25). The van der Waals surface area contributed by atoms with Crippen molar-refractivity contribution in [1.29, 1.82) is 0 Å². The van der Waals surface area contributed by atoms with E-state index in [2.05, 4.69) is 21.2 Å². The number of benzene rings is 2. The second-order valence-corrected chi connectivity index (χ2v) is 8.26. The molecule has 0 spiro atoms. The molecule has 0 aliphatic carbocycles. The van der Waals surface area contributed by atoms with E-state index in [1.54, 1.807) is 18.2 Å². The molecule has 0 saturated carbocycles. The Bertz CT molecular complexity index is 1040. The van der Waals surface area contributed by atoms with Gasteiger partial charge in [0.05, 0.1) is 19.3 Å². The zero-order chi connectivity index (χ0) is 21.0. The van der Waals surface area contributed by atoms with Crippen molar-refractivity contribution in [3.8, 4) is 16.9 Å². The summed E-state index contributed by atoms with van der Waals surface area (Å²) < 4.78 is 11.5. The monoisotopic (exact) mass is 473 g/mol. The molecule has 1 N–H and O–H groups in total. The first-order chi connectivity index (χ1) is 14.0. The molecule has 0 radical (unpaired) electrons. The Morgan fingerprint density at radius 1 is 1.10 bits per heavy atom. The second kappa shape index (κ2) is 9.24. The molecule has 7 heteroatoms. The minimum absolute atomic E-state index is 0.345. The van der Waals surface area contributed by atoms with Gasteiger partial charge in [0.2, 0.25) is 0 Å². The molecule has 1 amide bonds. The molecule has 0 bridgehead atoms. The molecular formula is C22H20BrNO4S. The summed E-state index contributed by atoms with van der Waals surface area (Å²) in [7, 11) is 1.33. The van der Waals surface area contributed by atoms with Gasteiger partial charge in [-0.15, -0.1) is 11.3 Å². The number of amides is 1. The van der Waals surface area contributed by atoms with Crippen molar-refractivity contribution in [2.24, 2.45) is 0 Å². The number of hydrogen-bond acceptors (Lipinski definition) is 5. The first-order valence-corrected chi connectivity index (χ1v) is 10.6. The number of rotatable bonds is 6. The predicted molar refractivity (Wildman–Crippen MR) is 119 cm³/mol. The van der Waals surface area contributed by atoms with Crippen LogP contribution >= 0.6 is 27.3 Å². The predicted octanol–water partition coefficient (Wildman–Crippen LogP) is 5.92. The highest BCUT2D eigenvalue weighted by molar-refractivity contribution is 9.10. The number of thiophene rings is 1. The van der Waals surface area contributed by atoms with E-state index < -0.39 is 5.97 Å². The number of anilines is 1. The fourth-order valence-corrected chi connectivity index (χ4v) is 4.32. The fraction of sp³-hybridized carbons (Fsp3) is 0.182. The van der Waals surface area contributed by atoms with Gasteiger partial charge < -0.3 is 14.8 Å². The fourth-order valence-electron chi connectivity index (χ4n) is 3.00. The van der Waals surface area contributed by atoms with Gasteiger partial charge >= 0.3 is 5.97 Å². The van der Waals surface area contributed by atoms with Crippen molar-refractivity contribution in [3.63, 3.8) is 0 Å². The van der Waals surface area contributed by atoms with Gasteiger partial charge in [-0.25, -0.2) is 4.79 Å². The number of methoxy groups -OCH3 is 1. The maximum absolute atomic E-state index is 12.9. The average molecular weight is 474 g/mol. The van der Waals surface area contributed by atoms with E-state index in [0.717, 1.165) is 20.5 Å². The van der Waals surface area contributed by atoms with Gasteiger partial charge in [0.1, 0.15) is 16.3 Å². The average Bonchev–Trinajstić information content (AvgIpc) is 3.04. The van der Waals surface area contributed by atoms with Crippen LogP contribution in [0.1, 0.15) is 32.5 Å². The number of para-hydroxylation sites is 1. The number of esters is 1. The Balaban J connectivity index is 2.04. The third-order valence-electron chi connectivity index (χ3n) is 4.27. The van der Waals surface area contributed by atoms with Gasteiger partial charge in [0, 0.05) is 14.9 Å². The lowest BCUT2D eigenvalue weighted by Gasteiger charge is -2.11. The van der Waals surface area contributed by atoms with Gasteiger partial charge in [-0.1, -0.05) is 40.2 Å². The number of halogens is 1. The topological polar surface area (TPSA) is 64.6 Å². The number of ether oxygens (including phenoxy) is 2. The van der Waals surface area contributed by atoms with E-state index >= 15 is 0 Å². The third kappa shape index (κ3) is 4.52. The van der Waals surface area contributed by atoms with E-state index in [1.807, 2.05) is 44.2 Å². The largest absolute Gasteiger partial charge is 0.493 e. The molecule has 2 aromatic carbocycles. The van der Waals surface area contributed by atoms with E-state index in [1.165, 1.54) is 18.4 Å².